The molecule has 0 radical (unpaired) electrons. The first-order valence-electron chi connectivity index (χ1n) is 6.54. The van der Waals surface area contributed by atoms with Crippen LogP contribution in [0.3, 0.4) is 0 Å². The second-order valence-electron chi connectivity index (χ2n) is 5.03. The first-order chi connectivity index (χ1) is 8.83. The number of aromatic amines is 1. The van der Waals surface area contributed by atoms with Gasteiger partial charge in [-0.1, -0.05) is 0 Å². The topological polar surface area (TPSA) is 67.6 Å². The average Bonchev–Trinajstić information content (AvgIpc) is 2.90. The van der Waals surface area contributed by atoms with E-state index < -0.39 is 0 Å². The summed E-state index contributed by atoms with van der Waals surface area (Å²) in [7, 11) is 0. The van der Waals surface area contributed by atoms with Gasteiger partial charge in [-0.05, 0) is 37.8 Å². The lowest BCUT2D eigenvalue weighted by Gasteiger charge is -2.24. The average molecular weight is 242 g/mol. The molecular formula is C14H18N4. The maximum absolute atomic E-state index is 5.93. The van der Waals surface area contributed by atoms with Gasteiger partial charge >= 0.3 is 0 Å². The molecule has 4 nitrogen and oxygen atoms in total. The molecule has 0 spiro atoms. The number of nitrogens with zero attached hydrogens (tertiary/aromatic N) is 2. The van der Waals surface area contributed by atoms with E-state index in [1.54, 1.807) is 12.4 Å². The van der Waals surface area contributed by atoms with Crippen molar-refractivity contribution in [2.75, 3.05) is 0 Å². The molecule has 94 valence electrons. The minimum Gasteiger partial charge on any atom is -0.342 e. The number of aromatic nitrogens is 3. The Morgan fingerprint density at radius 1 is 1.11 bits per heavy atom. The quantitative estimate of drug-likeness (QED) is 0.850. The van der Waals surface area contributed by atoms with E-state index in [-0.39, 0.29) is 0 Å². The number of nitrogens with two attached hydrogens (primary N) is 1. The highest BCUT2D eigenvalue weighted by Crippen LogP contribution is 2.31. The molecule has 2 aromatic heterocycles. The molecule has 0 bridgehead atoms. The molecule has 2 heterocycles. The van der Waals surface area contributed by atoms with Gasteiger partial charge in [0.1, 0.15) is 5.82 Å². The second-order valence-corrected chi connectivity index (χ2v) is 5.03. The Kier molecular flexibility index (Phi) is 3.11. The van der Waals surface area contributed by atoms with Crippen LogP contribution in [0.25, 0.3) is 11.3 Å². The van der Waals surface area contributed by atoms with Crippen LogP contribution in [0.4, 0.5) is 0 Å². The van der Waals surface area contributed by atoms with E-state index in [0.717, 1.165) is 42.8 Å². The number of pyridine rings is 1. The second kappa shape index (κ2) is 4.90. The highest BCUT2D eigenvalue weighted by molar-refractivity contribution is 5.57. The number of imidazole rings is 1. The standard InChI is InChI=1S/C14H18N4/c15-12-3-1-11(2-4-12)14-17-9-13(18-14)10-5-7-16-8-6-10/h5-9,11-12H,1-4,15H2,(H,17,18). The van der Waals surface area contributed by atoms with Crippen LogP contribution in [0, 0.1) is 0 Å². The molecule has 3 rings (SSSR count). The van der Waals surface area contributed by atoms with Gasteiger partial charge in [-0.2, -0.15) is 0 Å². The fourth-order valence-corrected chi connectivity index (χ4v) is 2.61. The third kappa shape index (κ3) is 2.29. The van der Waals surface area contributed by atoms with Gasteiger partial charge < -0.3 is 10.7 Å². The van der Waals surface area contributed by atoms with Crippen LogP contribution in [0.5, 0.6) is 0 Å². The van der Waals surface area contributed by atoms with Gasteiger partial charge in [0.25, 0.3) is 0 Å². The summed E-state index contributed by atoms with van der Waals surface area (Å²) in [4.78, 5) is 12.0. The van der Waals surface area contributed by atoms with Crippen LogP contribution in [-0.2, 0) is 0 Å². The fraction of sp³-hybridized carbons (Fsp3) is 0.429. The monoisotopic (exact) mass is 242 g/mol. The SMILES string of the molecule is NC1CCC(c2ncc(-c3ccncc3)[nH]2)CC1. The van der Waals surface area contributed by atoms with Gasteiger partial charge in [-0.25, -0.2) is 4.98 Å². The van der Waals surface area contributed by atoms with E-state index in [2.05, 4.69) is 15.0 Å². The van der Waals surface area contributed by atoms with Crippen molar-refractivity contribution >= 4 is 0 Å². The largest absolute Gasteiger partial charge is 0.342 e. The summed E-state index contributed by atoms with van der Waals surface area (Å²) in [6.45, 7) is 0. The van der Waals surface area contributed by atoms with Crippen molar-refractivity contribution in [2.45, 2.75) is 37.6 Å². The first kappa shape index (κ1) is 11.4. The maximum Gasteiger partial charge on any atom is 0.109 e. The first-order valence-corrected chi connectivity index (χ1v) is 6.54. The summed E-state index contributed by atoms with van der Waals surface area (Å²) >= 11 is 0. The lowest BCUT2D eigenvalue weighted by molar-refractivity contribution is 0.386. The predicted molar refractivity (Wildman–Crippen MR) is 71.0 cm³/mol. The van der Waals surface area contributed by atoms with Gasteiger partial charge in [0.2, 0.25) is 0 Å². The van der Waals surface area contributed by atoms with E-state index in [1.807, 2.05) is 18.3 Å². The van der Waals surface area contributed by atoms with Gasteiger partial charge in [0.15, 0.2) is 0 Å². The van der Waals surface area contributed by atoms with E-state index in [9.17, 15) is 0 Å². The Bertz CT molecular complexity index is 498. The van der Waals surface area contributed by atoms with Gasteiger partial charge in [0, 0.05) is 29.9 Å². The Morgan fingerprint density at radius 2 is 1.83 bits per heavy atom. The molecule has 2 aromatic rings. The Hall–Kier alpha value is -1.68. The van der Waals surface area contributed by atoms with Crippen molar-refractivity contribution < 1.29 is 0 Å². The van der Waals surface area contributed by atoms with Gasteiger partial charge in [-0.3, -0.25) is 4.98 Å². The number of hydrogen-bond donors (Lipinski definition) is 2. The summed E-state index contributed by atoms with van der Waals surface area (Å²) in [5.74, 6) is 1.65. The van der Waals surface area contributed by atoms with Crippen molar-refractivity contribution in [3.8, 4) is 11.3 Å². The molecule has 0 atom stereocenters. The van der Waals surface area contributed by atoms with Gasteiger partial charge in [-0.15, -0.1) is 0 Å². The highest BCUT2D eigenvalue weighted by atomic mass is 14.9. The van der Waals surface area contributed by atoms with Crippen molar-refractivity contribution in [1.82, 2.24) is 15.0 Å². The summed E-state index contributed by atoms with van der Waals surface area (Å²) in [5.41, 5.74) is 8.14. The van der Waals surface area contributed by atoms with Crippen molar-refractivity contribution in [2.24, 2.45) is 5.73 Å². The molecule has 0 amide bonds. The molecule has 3 N–H and O–H groups in total. The molecule has 18 heavy (non-hydrogen) atoms. The number of rotatable bonds is 2. The number of H-pyrrole nitrogens is 1. The molecule has 0 aromatic carbocycles. The molecule has 4 heteroatoms. The highest BCUT2D eigenvalue weighted by Gasteiger charge is 2.22. The fourth-order valence-electron chi connectivity index (χ4n) is 2.61. The van der Waals surface area contributed by atoms with Crippen molar-refractivity contribution in [3.63, 3.8) is 0 Å². The zero-order chi connectivity index (χ0) is 12.4. The maximum atomic E-state index is 5.93. The summed E-state index contributed by atoms with van der Waals surface area (Å²) in [6.07, 6.45) is 10.0. The summed E-state index contributed by atoms with van der Waals surface area (Å²) < 4.78 is 0. The summed E-state index contributed by atoms with van der Waals surface area (Å²) in [6, 6.07) is 4.37. The molecule has 1 aliphatic rings. The third-order valence-corrected chi connectivity index (χ3v) is 3.75. The number of hydrogen-bond acceptors (Lipinski definition) is 3. The van der Waals surface area contributed by atoms with E-state index in [1.165, 1.54) is 0 Å². The minimum absolute atomic E-state index is 0.385. The Balaban J connectivity index is 1.78. The molecule has 0 saturated heterocycles. The molecule has 0 aliphatic heterocycles. The van der Waals surface area contributed by atoms with E-state index in [4.69, 9.17) is 5.73 Å². The lowest BCUT2D eigenvalue weighted by Crippen LogP contribution is -2.26. The smallest absolute Gasteiger partial charge is 0.109 e. The Morgan fingerprint density at radius 3 is 2.56 bits per heavy atom. The summed E-state index contributed by atoms with van der Waals surface area (Å²) in [5, 5.41) is 0. The molecule has 1 fully saturated rings. The van der Waals surface area contributed by atoms with Crippen molar-refractivity contribution in [3.05, 3.63) is 36.5 Å². The van der Waals surface area contributed by atoms with Crippen LogP contribution in [-0.4, -0.2) is 21.0 Å². The van der Waals surface area contributed by atoms with Crippen LogP contribution < -0.4 is 5.73 Å². The van der Waals surface area contributed by atoms with Crippen LogP contribution >= 0.6 is 0 Å². The van der Waals surface area contributed by atoms with E-state index >= 15 is 0 Å². The number of nitrogens with one attached hydrogen (secondary N) is 1. The van der Waals surface area contributed by atoms with Crippen molar-refractivity contribution in [1.29, 1.82) is 0 Å². The van der Waals surface area contributed by atoms with E-state index in [0.29, 0.717) is 12.0 Å². The normalized spacial score (nSPS) is 24.1. The minimum atomic E-state index is 0.385. The van der Waals surface area contributed by atoms with Crippen LogP contribution in [0.1, 0.15) is 37.4 Å². The lowest BCUT2D eigenvalue weighted by atomic mass is 9.86. The molecule has 1 aliphatic carbocycles. The predicted octanol–water partition coefficient (Wildman–Crippen LogP) is 2.46. The zero-order valence-electron chi connectivity index (χ0n) is 10.3. The van der Waals surface area contributed by atoms with Gasteiger partial charge in [0.05, 0.1) is 11.9 Å². The van der Waals surface area contributed by atoms with Crippen LogP contribution in [0.15, 0.2) is 30.7 Å². The zero-order valence-corrected chi connectivity index (χ0v) is 10.3. The Labute approximate surface area is 107 Å². The molecule has 0 unspecified atom stereocenters. The molecular weight excluding hydrogens is 224 g/mol. The third-order valence-electron chi connectivity index (χ3n) is 3.75. The van der Waals surface area contributed by atoms with Crippen LogP contribution in [0.2, 0.25) is 0 Å². The molecule has 1 saturated carbocycles.